The molecule has 0 saturated heterocycles. The fraction of sp³-hybridized carbons (Fsp3) is 0.786. The van der Waals surface area contributed by atoms with Gasteiger partial charge in [0, 0.05) is 25.9 Å². The maximum absolute atomic E-state index is 11.8. The molecule has 0 atom stereocenters. The Bertz CT molecular complexity index is 362. The predicted molar refractivity (Wildman–Crippen MR) is 74.1 cm³/mol. The SMILES string of the molecule is CCCNC(=O)CCNC(=O)CC1(C(=O)O)CCCC1. The second-order valence-electron chi connectivity index (χ2n) is 5.42. The van der Waals surface area contributed by atoms with Crippen LogP contribution in [0, 0.1) is 5.41 Å². The second kappa shape index (κ2) is 7.87. The van der Waals surface area contributed by atoms with Gasteiger partial charge in [-0.1, -0.05) is 19.8 Å². The van der Waals surface area contributed by atoms with Gasteiger partial charge in [0.25, 0.3) is 0 Å². The molecule has 1 aliphatic rings. The number of carboxylic acids is 1. The van der Waals surface area contributed by atoms with Crippen LogP contribution in [-0.2, 0) is 14.4 Å². The first-order valence-electron chi connectivity index (χ1n) is 7.27. The number of hydrogen-bond acceptors (Lipinski definition) is 3. The van der Waals surface area contributed by atoms with Gasteiger partial charge in [0.1, 0.15) is 0 Å². The number of carbonyl (C=O) groups is 3. The van der Waals surface area contributed by atoms with Crippen LogP contribution in [-0.4, -0.2) is 36.0 Å². The van der Waals surface area contributed by atoms with Crippen molar-refractivity contribution in [3.63, 3.8) is 0 Å². The minimum absolute atomic E-state index is 0.0128. The van der Waals surface area contributed by atoms with Crippen LogP contribution in [0.5, 0.6) is 0 Å². The van der Waals surface area contributed by atoms with Crippen LogP contribution in [0.3, 0.4) is 0 Å². The number of rotatable bonds is 8. The van der Waals surface area contributed by atoms with Crippen molar-refractivity contribution in [1.29, 1.82) is 0 Å². The van der Waals surface area contributed by atoms with Gasteiger partial charge in [-0.3, -0.25) is 14.4 Å². The maximum atomic E-state index is 11.8. The molecule has 6 heteroatoms. The first-order chi connectivity index (χ1) is 9.50. The largest absolute Gasteiger partial charge is 0.481 e. The van der Waals surface area contributed by atoms with E-state index in [4.69, 9.17) is 0 Å². The van der Waals surface area contributed by atoms with Gasteiger partial charge in [-0.15, -0.1) is 0 Å². The van der Waals surface area contributed by atoms with Gasteiger partial charge < -0.3 is 15.7 Å². The molecule has 0 aromatic carbocycles. The van der Waals surface area contributed by atoms with Crippen molar-refractivity contribution in [2.75, 3.05) is 13.1 Å². The molecule has 0 aromatic rings. The lowest BCUT2D eigenvalue weighted by Crippen LogP contribution is -2.37. The van der Waals surface area contributed by atoms with Crippen LogP contribution in [0.4, 0.5) is 0 Å². The highest BCUT2D eigenvalue weighted by atomic mass is 16.4. The third-order valence-corrected chi connectivity index (χ3v) is 3.76. The Morgan fingerprint density at radius 1 is 1.05 bits per heavy atom. The quantitative estimate of drug-likeness (QED) is 0.621. The molecule has 2 amide bonds. The first-order valence-corrected chi connectivity index (χ1v) is 7.27. The van der Waals surface area contributed by atoms with Crippen molar-refractivity contribution in [3.8, 4) is 0 Å². The Morgan fingerprint density at radius 2 is 1.65 bits per heavy atom. The van der Waals surface area contributed by atoms with E-state index in [1.165, 1.54) is 0 Å². The standard InChI is InChI=1S/C14H24N2O4/c1-2-8-15-11(17)5-9-16-12(18)10-14(13(19)20)6-3-4-7-14/h2-10H2,1H3,(H,15,17)(H,16,18)(H,19,20). The van der Waals surface area contributed by atoms with Crippen molar-refractivity contribution >= 4 is 17.8 Å². The van der Waals surface area contributed by atoms with E-state index >= 15 is 0 Å². The van der Waals surface area contributed by atoms with Crippen LogP contribution in [0.1, 0.15) is 51.9 Å². The molecular weight excluding hydrogens is 260 g/mol. The van der Waals surface area contributed by atoms with E-state index in [2.05, 4.69) is 10.6 Å². The molecule has 0 aromatic heterocycles. The Kier molecular flexibility index (Phi) is 6.48. The van der Waals surface area contributed by atoms with Crippen LogP contribution < -0.4 is 10.6 Å². The molecule has 0 aliphatic heterocycles. The van der Waals surface area contributed by atoms with Crippen LogP contribution in [0.15, 0.2) is 0 Å². The molecule has 0 heterocycles. The summed E-state index contributed by atoms with van der Waals surface area (Å²) in [5.74, 6) is -1.26. The van der Waals surface area contributed by atoms with Gasteiger partial charge in [0.05, 0.1) is 5.41 Å². The van der Waals surface area contributed by atoms with Gasteiger partial charge in [-0.2, -0.15) is 0 Å². The summed E-state index contributed by atoms with van der Waals surface area (Å²) in [4.78, 5) is 34.5. The van der Waals surface area contributed by atoms with E-state index in [9.17, 15) is 19.5 Å². The minimum atomic E-state index is -0.894. The highest BCUT2D eigenvalue weighted by Crippen LogP contribution is 2.41. The van der Waals surface area contributed by atoms with Gasteiger partial charge in [-0.25, -0.2) is 0 Å². The van der Waals surface area contributed by atoms with Gasteiger partial charge >= 0.3 is 5.97 Å². The molecule has 1 fully saturated rings. The molecule has 20 heavy (non-hydrogen) atoms. The van der Waals surface area contributed by atoms with Gasteiger partial charge in [-0.05, 0) is 19.3 Å². The topological polar surface area (TPSA) is 95.5 Å². The normalized spacial score (nSPS) is 16.6. The van der Waals surface area contributed by atoms with Crippen LogP contribution in [0.25, 0.3) is 0 Å². The van der Waals surface area contributed by atoms with Crippen molar-refractivity contribution in [1.82, 2.24) is 10.6 Å². The zero-order valence-corrected chi connectivity index (χ0v) is 12.0. The lowest BCUT2D eigenvalue weighted by Gasteiger charge is -2.22. The monoisotopic (exact) mass is 284 g/mol. The summed E-state index contributed by atoms with van der Waals surface area (Å²) in [5.41, 5.74) is -0.894. The summed E-state index contributed by atoms with van der Waals surface area (Å²) in [7, 11) is 0. The fourth-order valence-corrected chi connectivity index (χ4v) is 2.56. The molecule has 3 N–H and O–H groups in total. The average molecular weight is 284 g/mol. The molecule has 0 bridgehead atoms. The lowest BCUT2D eigenvalue weighted by molar-refractivity contribution is -0.151. The molecular formula is C14H24N2O4. The molecule has 1 saturated carbocycles. The lowest BCUT2D eigenvalue weighted by atomic mass is 9.82. The van der Waals surface area contributed by atoms with Crippen LogP contribution >= 0.6 is 0 Å². The van der Waals surface area contributed by atoms with E-state index in [0.29, 0.717) is 19.4 Å². The van der Waals surface area contributed by atoms with Crippen molar-refractivity contribution in [2.24, 2.45) is 5.41 Å². The van der Waals surface area contributed by atoms with Crippen molar-refractivity contribution in [3.05, 3.63) is 0 Å². The van der Waals surface area contributed by atoms with E-state index in [0.717, 1.165) is 19.3 Å². The number of carboxylic acid groups (broad SMARTS) is 1. The first kappa shape index (κ1) is 16.5. The predicted octanol–water partition coefficient (Wildman–Crippen LogP) is 1.05. The van der Waals surface area contributed by atoms with Crippen molar-refractivity contribution in [2.45, 2.75) is 51.9 Å². The highest BCUT2D eigenvalue weighted by Gasteiger charge is 2.42. The number of aliphatic carboxylic acids is 1. The Balaban J connectivity index is 2.29. The summed E-state index contributed by atoms with van der Waals surface area (Å²) in [6.07, 6.45) is 3.96. The van der Waals surface area contributed by atoms with E-state index in [1.54, 1.807) is 0 Å². The number of carbonyl (C=O) groups excluding carboxylic acids is 2. The summed E-state index contributed by atoms with van der Waals surface area (Å²) in [6.45, 7) is 2.86. The Hall–Kier alpha value is -1.59. The molecule has 1 aliphatic carbocycles. The maximum Gasteiger partial charge on any atom is 0.310 e. The minimum Gasteiger partial charge on any atom is -0.481 e. The summed E-state index contributed by atoms with van der Waals surface area (Å²) in [6, 6.07) is 0. The number of hydrogen-bond donors (Lipinski definition) is 3. The van der Waals surface area contributed by atoms with E-state index in [1.807, 2.05) is 6.92 Å². The zero-order valence-electron chi connectivity index (χ0n) is 12.0. The molecule has 0 radical (unpaired) electrons. The van der Waals surface area contributed by atoms with Gasteiger partial charge in [0.15, 0.2) is 0 Å². The van der Waals surface area contributed by atoms with Crippen molar-refractivity contribution < 1.29 is 19.5 Å². The molecule has 1 rings (SSSR count). The summed E-state index contributed by atoms with van der Waals surface area (Å²) in [5, 5.41) is 14.6. The molecule has 0 spiro atoms. The Labute approximate surface area is 119 Å². The second-order valence-corrected chi connectivity index (χ2v) is 5.42. The molecule has 114 valence electrons. The number of amides is 2. The third-order valence-electron chi connectivity index (χ3n) is 3.76. The Morgan fingerprint density at radius 3 is 2.20 bits per heavy atom. The fourth-order valence-electron chi connectivity index (χ4n) is 2.56. The zero-order chi connectivity index (χ0) is 15.0. The average Bonchev–Trinajstić information content (AvgIpc) is 2.86. The van der Waals surface area contributed by atoms with Crippen LogP contribution in [0.2, 0.25) is 0 Å². The van der Waals surface area contributed by atoms with E-state index < -0.39 is 11.4 Å². The third kappa shape index (κ3) is 4.83. The highest BCUT2D eigenvalue weighted by molar-refractivity contribution is 5.85. The van der Waals surface area contributed by atoms with Gasteiger partial charge in [0.2, 0.25) is 11.8 Å². The smallest absolute Gasteiger partial charge is 0.310 e. The summed E-state index contributed by atoms with van der Waals surface area (Å²) < 4.78 is 0. The molecule has 0 unspecified atom stereocenters. The molecule has 6 nitrogen and oxygen atoms in total. The number of nitrogens with one attached hydrogen (secondary N) is 2. The summed E-state index contributed by atoms with van der Waals surface area (Å²) >= 11 is 0. The van der Waals surface area contributed by atoms with E-state index in [-0.39, 0.29) is 31.2 Å².